The van der Waals surface area contributed by atoms with Gasteiger partial charge >= 0.3 is 0 Å². The minimum Gasteiger partial charge on any atom is -0.379 e. The van der Waals surface area contributed by atoms with Crippen molar-refractivity contribution in [1.82, 2.24) is 20.4 Å². The monoisotopic (exact) mass is 427 g/mol. The lowest BCUT2D eigenvalue weighted by Gasteiger charge is -2.28. The summed E-state index contributed by atoms with van der Waals surface area (Å²) in [5.74, 6) is 0.526. The molecule has 1 fully saturated rings. The highest BCUT2D eigenvalue weighted by molar-refractivity contribution is 5.79. The maximum absolute atomic E-state index is 13.3. The van der Waals surface area contributed by atoms with E-state index in [0.717, 1.165) is 44.4 Å². The van der Waals surface area contributed by atoms with Gasteiger partial charge in [-0.1, -0.05) is 36.4 Å². The maximum Gasteiger partial charge on any atom is 0.191 e. The molecule has 0 aliphatic carbocycles. The van der Waals surface area contributed by atoms with Crippen molar-refractivity contribution in [3.8, 4) is 0 Å². The number of halogens is 1. The van der Waals surface area contributed by atoms with Gasteiger partial charge in [-0.25, -0.2) is 4.39 Å². The van der Waals surface area contributed by atoms with Gasteiger partial charge in [-0.05, 0) is 42.9 Å². The number of ether oxygens (including phenoxy) is 1. The SMILES string of the molecule is CN=C(NCc1ccccc1CN1CCOCC1)NCC(c1ccc(F)cc1)N(C)C. The first kappa shape index (κ1) is 23.2. The summed E-state index contributed by atoms with van der Waals surface area (Å²) in [4.78, 5) is 8.92. The van der Waals surface area contributed by atoms with Gasteiger partial charge in [0.05, 0.1) is 19.3 Å². The van der Waals surface area contributed by atoms with E-state index in [1.165, 1.54) is 23.3 Å². The number of benzene rings is 2. The predicted molar refractivity (Wildman–Crippen MR) is 124 cm³/mol. The van der Waals surface area contributed by atoms with E-state index in [0.29, 0.717) is 13.1 Å². The Morgan fingerprint density at radius 3 is 2.39 bits per heavy atom. The maximum atomic E-state index is 13.3. The Morgan fingerprint density at radius 2 is 1.74 bits per heavy atom. The molecule has 3 rings (SSSR count). The van der Waals surface area contributed by atoms with Gasteiger partial charge in [0.25, 0.3) is 0 Å². The number of aliphatic imine (C=N–C) groups is 1. The molecule has 7 heteroatoms. The van der Waals surface area contributed by atoms with Gasteiger partial charge in [-0.15, -0.1) is 0 Å². The lowest BCUT2D eigenvalue weighted by atomic mass is 10.1. The second-order valence-corrected chi connectivity index (χ2v) is 7.99. The third-order valence-corrected chi connectivity index (χ3v) is 5.63. The molecule has 2 aromatic carbocycles. The normalized spacial score (nSPS) is 16.4. The van der Waals surface area contributed by atoms with Crippen molar-refractivity contribution in [1.29, 1.82) is 0 Å². The third kappa shape index (κ3) is 7.02. The molecule has 168 valence electrons. The first-order valence-corrected chi connectivity index (χ1v) is 10.8. The van der Waals surface area contributed by atoms with Crippen LogP contribution in [0.1, 0.15) is 22.7 Å². The lowest BCUT2D eigenvalue weighted by Crippen LogP contribution is -2.41. The van der Waals surface area contributed by atoms with E-state index in [1.54, 1.807) is 7.05 Å². The molecular weight excluding hydrogens is 393 g/mol. The molecule has 2 N–H and O–H groups in total. The van der Waals surface area contributed by atoms with Crippen LogP contribution < -0.4 is 10.6 Å². The highest BCUT2D eigenvalue weighted by atomic mass is 19.1. The van der Waals surface area contributed by atoms with Gasteiger partial charge in [0.2, 0.25) is 0 Å². The number of morpholine rings is 1. The van der Waals surface area contributed by atoms with Crippen molar-refractivity contribution in [2.75, 3.05) is 54.0 Å². The smallest absolute Gasteiger partial charge is 0.191 e. The van der Waals surface area contributed by atoms with Gasteiger partial charge < -0.3 is 20.3 Å². The molecule has 31 heavy (non-hydrogen) atoms. The quantitative estimate of drug-likeness (QED) is 0.501. The average Bonchev–Trinajstić information content (AvgIpc) is 2.78. The topological polar surface area (TPSA) is 52.1 Å². The Balaban J connectivity index is 1.57. The van der Waals surface area contributed by atoms with Crippen LogP contribution in [-0.2, 0) is 17.8 Å². The van der Waals surface area contributed by atoms with Crippen LogP contribution in [0.15, 0.2) is 53.5 Å². The summed E-state index contributed by atoms with van der Waals surface area (Å²) in [5, 5.41) is 6.85. The molecule has 0 aromatic heterocycles. The third-order valence-electron chi connectivity index (χ3n) is 5.63. The minimum atomic E-state index is -0.220. The molecule has 1 heterocycles. The fourth-order valence-corrected chi connectivity index (χ4v) is 3.76. The summed E-state index contributed by atoms with van der Waals surface area (Å²) >= 11 is 0. The highest BCUT2D eigenvalue weighted by Gasteiger charge is 2.16. The molecule has 0 saturated carbocycles. The van der Waals surface area contributed by atoms with Crippen molar-refractivity contribution in [3.05, 3.63) is 71.0 Å². The van der Waals surface area contributed by atoms with E-state index in [1.807, 2.05) is 26.2 Å². The molecule has 0 spiro atoms. The fourth-order valence-electron chi connectivity index (χ4n) is 3.76. The summed E-state index contributed by atoms with van der Waals surface area (Å²) in [6.07, 6.45) is 0. The molecule has 1 aliphatic rings. The molecule has 6 nitrogen and oxygen atoms in total. The minimum absolute atomic E-state index is 0.104. The van der Waals surface area contributed by atoms with Gasteiger partial charge in [-0.2, -0.15) is 0 Å². The van der Waals surface area contributed by atoms with E-state index in [-0.39, 0.29) is 11.9 Å². The molecule has 2 aromatic rings. The van der Waals surface area contributed by atoms with E-state index < -0.39 is 0 Å². The van der Waals surface area contributed by atoms with Crippen LogP contribution in [0.5, 0.6) is 0 Å². The summed E-state index contributed by atoms with van der Waals surface area (Å²) in [6.45, 7) is 5.84. The first-order valence-electron chi connectivity index (χ1n) is 10.8. The average molecular weight is 428 g/mol. The largest absolute Gasteiger partial charge is 0.379 e. The van der Waals surface area contributed by atoms with E-state index in [4.69, 9.17) is 4.74 Å². The van der Waals surface area contributed by atoms with E-state index in [9.17, 15) is 4.39 Å². The standard InChI is InChI=1S/C24H34FN5O/c1-26-24(28-17-23(29(2)3)19-8-10-22(25)11-9-19)27-16-20-6-4-5-7-21(20)18-30-12-14-31-15-13-30/h4-11,23H,12-18H2,1-3H3,(H2,26,27,28). The number of hydrogen-bond acceptors (Lipinski definition) is 4. The zero-order valence-corrected chi connectivity index (χ0v) is 18.8. The summed E-state index contributed by atoms with van der Waals surface area (Å²) in [6, 6.07) is 15.3. The number of nitrogens with zero attached hydrogens (tertiary/aromatic N) is 3. The fraction of sp³-hybridized carbons (Fsp3) is 0.458. The summed E-state index contributed by atoms with van der Waals surface area (Å²) in [5.41, 5.74) is 3.65. The Hall–Kier alpha value is -2.48. The molecule has 1 unspecified atom stereocenters. The Labute approximate surface area is 185 Å². The van der Waals surface area contributed by atoms with Gasteiger partial charge in [-0.3, -0.25) is 9.89 Å². The summed E-state index contributed by atoms with van der Waals surface area (Å²) in [7, 11) is 5.82. The first-order chi connectivity index (χ1) is 15.1. The van der Waals surface area contributed by atoms with E-state index in [2.05, 4.69) is 49.7 Å². The number of rotatable bonds is 8. The van der Waals surface area contributed by atoms with Crippen molar-refractivity contribution < 1.29 is 9.13 Å². The Bertz CT molecular complexity index is 834. The van der Waals surface area contributed by atoms with Crippen LogP contribution in [-0.4, -0.2) is 69.8 Å². The number of nitrogens with one attached hydrogen (secondary N) is 2. The zero-order chi connectivity index (χ0) is 22.1. The predicted octanol–water partition coefficient (Wildman–Crippen LogP) is 2.63. The summed E-state index contributed by atoms with van der Waals surface area (Å²) < 4.78 is 18.8. The Morgan fingerprint density at radius 1 is 1.06 bits per heavy atom. The molecule has 0 bridgehead atoms. The lowest BCUT2D eigenvalue weighted by molar-refractivity contribution is 0.0341. The van der Waals surface area contributed by atoms with Crippen LogP contribution in [0.2, 0.25) is 0 Å². The second kappa shape index (κ2) is 11.8. The van der Waals surface area contributed by atoms with Crippen molar-refractivity contribution >= 4 is 5.96 Å². The Kier molecular flexibility index (Phi) is 8.82. The van der Waals surface area contributed by atoms with Crippen molar-refractivity contribution in [2.45, 2.75) is 19.1 Å². The molecule has 1 aliphatic heterocycles. The van der Waals surface area contributed by atoms with Crippen LogP contribution >= 0.6 is 0 Å². The van der Waals surface area contributed by atoms with Gasteiger partial charge in [0.15, 0.2) is 5.96 Å². The second-order valence-electron chi connectivity index (χ2n) is 7.99. The number of hydrogen-bond donors (Lipinski definition) is 2. The number of likely N-dealkylation sites (N-methyl/N-ethyl adjacent to an activating group) is 1. The van der Waals surface area contributed by atoms with Crippen LogP contribution in [0, 0.1) is 5.82 Å². The van der Waals surface area contributed by atoms with Crippen molar-refractivity contribution in [3.63, 3.8) is 0 Å². The van der Waals surface area contributed by atoms with Gasteiger partial charge in [0.1, 0.15) is 5.82 Å². The molecular formula is C24H34FN5O. The van der Waals surface area contributed by atoms with Crippen LogP contribution in [0.4, 0.5) is 4.39 Å². The van der Waals surface area contributed by atoms with Crippen LogP contribution in [0.3, 0.4) is 0 Å². The van der Waals surface area contributed by atoms with Crippen molar-refractivity contribution in [2.24, 2.45) is 4.99 Å². The molecule has 0 radical (unpaired) electrons. The highest BCUT2D eigenvalue weighted by Crippen LogP contribution is 2.18. The molecule has 1 atom stereocenters. The van der Waals surface area contributed by atoms with Gasteiger partial charge in [0, 0.05) is 39.8 Å². The number of guanidine groups is 1. The van der Waals surface area contributed by atoms with E-state index >= 15 is 0 Å². The molecule has 0 amide bonds. The molecule has 1 saturated heterocycles. The zero-order valence-electron chi connectivity index (χ0n) is 18.8. The van der Waals surface area contributed by atoms with Crippen LogP contribution in [0.25, 0.3) is 0 Å².